The Labute approximate surface area is 80.7 Å². The summed E-state index contributed by atoms with van der Waals surface area (Å²) in [5.41, 5.74) is 0.708. The van der Waals surface area contributed by atoms with Crippen molar-refractivity contribution in [3.63, 3.8) is 0 Å². The number of rotatable bonds is 1. The highest BCUT2D eigenvalue weighted by molar-refractivity contribution is 7.80. The van der Waals surface area contributed by atoms with E-state index in [0.717, 1.165) is 11.7 Å². The largest absolute Gasteiger partial charge is 0.316 e. The first kappa shape index (κ1) is 8.89. The van der Waals surface area contributed by atoms with E-state index in [1.807, 2.05) is 0 Å². The van der Waals surface area contributed by atoms with Gasteiger partial charge in [-0.1, -0.05) is 0 Å². The maximum absolute atomic E-state index is 4.38. The van der Waals surface area contributed by atoms with Crippen LogP contribution in [-0.2, 0) is 0 Å². The van der Waals surface area contributed by atoms with Crippen LogP contribution in [0.4, 0.5) is 0 Å². The van der Waals surface area contributed by atoms with Gasteiger partial charge >= 0.3 is 0 Å². The third kappa shape index (κ3) is 1.64. The van der Waals surface area contributed by atoms with Gasteiger partial charge in [0, 0.05) is 6.54 Å². The van der Waals surface area contributed by atoms with Crippen LogP contribution in [0.2, 0.25) is 0 Å². The summed E-state index contributed by atoms with van der Waals surface area (Å²) < 4.78 is 0. The molecule has 1 spiro atoms. The molecule has 0 atom stereocenters. The summed E-state index contributed by atoms with van der Waals surface area (Å²) in [6.07, 6.45) is 7.17. The van der Waals surface area contributed by atoms with Gasteiger partial charge in [0.05, 0.1) is 0 Å². The molecule has 1 saturated heterocycles. The van der Waals surface area contributed by atoms with Crippen molar-refractivity contribution in [3.05, 3.63) is 0 Å². The first-order chi connectivity index (χ1) is 5.85. The second-order valence-electron chi connectivity index (χ2n) is 4.55. The molecule has 12 heavy (non-hydrogen) atoms. The lowest BCUT2D eigenvalue weighted by Crippen LogP contribution is -2.30. The molecule has 1 saturated carbocycles. The number of hydrogen-bond donors (Lipinski definition) is 2. The molecule has 1 aliphatic carbocycles. The Morgan fingerprint density at radius 2 is 2.00 bits per heavy atom. The van der Waals surface area contributed by atoms with Crippen molar-refractivity contribution in [2.75, 3.05) is 18.8 Å². The van der Waals surface area contributed by atoms with Crippen molar-refractivity contribution in [2.24, 2.45) is 11.3 Å². The summed E-state index contributed by atoms with van der Waals surface area (Å²) >= 11 is 4.38. The molecule has 0 bridgehead atoms. The maximum Gasteiger partial charge on any atom is 0.000829 e. The van der Waals surface area contributed by atoms with Crippen LogP contribution in [0.3, 0.4) is 0 Å². The Morgan fingerprint density at radius 3 is 2.50 bits per heavy atom. The fourth-order valence-electron chi connectivity index (χ4n) is 2.69. The topological polar surface area (TPSA) is 12.0 Å². The average Bonchev–Trinajstić information content (AvgIpc) is 2.55. The Kier molecular flexibility index (Phi) is 2.66. The zero-order chi connectivity index (χ0) is 8.44. The third-order valence-electron chi connectivity index (χ3n) is 3.76. The average molecular weight is 185 g/mol. The van der Waals surface area contributed by atoms with Gasteiger partial charge in [-0.05, 0) is 55.7 Å². The number of thiol groups is 1. The first-order valence-electron chi connectivity index (χ1n) is 5.16. The van der Waals surface area contributed by atoms with Gasteiger partial charge < -0.3 is 5.32 Å². The minimum absolute atomic E-state index is 0.708. The molecular formula is C10H19NS. The normalized spacial score (nSPS) is 42.2. The van der Waals surface area contributed by atoms with Crippen LogP contribution in [0, 0.1) is 11.3 Å². The van der Waals surface area contributed by atoms with Gasteiger partial charge in [0.1, 0.15) is 0 Å². The molecule has 1 nitrogen and oxygen atoms in total. The van der Waals surface area contributed by atoms with Gasteiger partial charge in [-0.2, -0.15) is 12.6 Å². The zero-order valence-electron chi connectivity index (χ0n) is 7.68. The van der Waals surface area contributed by atoms with E-state index in [-0.39, 0.29) is 0 Å². The summed E-state index contributed by atoms with van der Waals surface area (Å²) in [7, 11) is 0. The van der Waals surface area contributed by atoms with E-state index < -0.39 is 0 Å². The number of hydrogen-bond acceptors (Lipinski definition) is 2. The van der Waals surface area contributed by atoms with E-state index in [1.54, 1.807) is 0 Å². The standard InChI is InChI=1S/C10H19NS/c12-7-9-1-3-10(4-2-9)5-6-11-8-10/h9,11-12H,1-8H2. The molecule has 1 aliphatic heterocycles. The van der Waals surface area contributed by atoms with Gasteiger partial charge in [-0.25, -0.2) is 0 Å². The van der Waals surface area contributed by atoms with Crippen LogP contribution in [0.5, 0.6) is 0 Å². The van der Waals surface area contributed by atoms with Crippen molar-refractivity contribution in [1.29, 1.82) is 0 Å². The van der Waals surface area contributed by atoms with E-state index >= 15 is 0 Å². The Bertz CT molecular complexity index is 142. The van der Waals surface area contributed by atoms with Crippen molar-refractivity contribution >= 4 is 12.6 Å². The van der Waals surface area contributed by atoms with Crippen molar-refractivity contribution in [1.82, 2.24) is 5.32 Å². The molecule has 0 amide bonds. The SMILES string of the molecule is SCC1CCC2(CCNC2)CC1. The highest BCUT2D eigenvalue weighted by Crippen LogP contribution is 2.43. The highest BCUT2D eigenvalue weighted by Gasteiger charge is 2.36. The van der Waals surface area contributed by atoms with E-state index in [1.165, 1.54) is 45.2 Å². The quantitative estimate of drug-likeness (QED) is 0.596. The van der Waals surface area contributed by atoms with Gasteiger partial charge in [-0.15, -0.1) is 0 Å². The molecule has 0 unspecified atom stereocenters. The monoisotopic (exact) mass is 185 g/mol. The van der Waals surface area contributed by atoms with Crippen LogP contribution in [0.15, 0.2) is 0 Å². The molecular weight excluding hydrogens is 166 g/mol. The second kappa shape index (κ2) is 3.59. The van der Waals surface area contributed by atoms with Crippen LogP contribution in [0.25, 0.3) is 0 Å². The molecule has 0 aromatic rings. The van der Waals surface area contributed by atoms with E-state index in [2.05, 4.69) is 17.9 Å². The Balaban J connectivity index is 1.88. The molecule has 0 aromatic heterocycles. The highest BCUT2D eigenvalue weighted by atomic mass is 32.1. The van der Waals surface area contributed by atoms with E-state index in [0.29, 0.717) is 5.41 Å². The van der Waals surface area contributed by atoms with Crippen LogP contribution < -0.4 is 5.32 Å². The van der Waals surface area contributed by atoms with Crippen LogP contribution in [0.1, 0.15) is 32.1 Å². The number of nitrogens with one attached hydrogen (secondary N) is 1. The lowest BCUT2D eigenvalue weighted by Gasteiger charge is -2.36. The predicted octanol–water partition coefficient (Wildman–Crippen LogP) is 2.09. The fraction of sp³-hybridized carbons (Fsp3) is 1.00. The summed E-state index contributed by atoms with van der Waals surface area (Å²) in [5, 5.41) is 3.50. The first-order valence-corrected chi connectivity index (χ1v) is 5.79. The van der Waals surface area contributed by atoms with Crippen molar-refractivity contribution < 1.29 is 0 Å². The summed E-state index contributed by atoms with van der Waals surface area (Å²) in [6.45, 7) is 2.54. The van der Waals surface area contributed by atoms with E-state index in [4.69, 9.17) is 0 Å². The Hall–Kier alpha value is 0.310. The fourth-order valence-corrected chi connectivity index (χ4v) is 3.06. The van der Waals surface area contributed by atoms with Crippen LogP contribution >= 0.6 is 12.6 Å². The lowest BCUT2D eigenvalue weighted by molar-refractivity contribution is 0.180. The maximum atomic E-state index is 4.38. The van der Waals surface area contributed by atoms with Gasteiger partial charge in [0.15, 0.2) is 0 Å². The lowest BCUT2D eigenvalue weighted by atomic mass is 9.70. The van der Waals surface area contributed by atoms with Gasteiger partial charge in [0.25, 0.3) is 0 Å². The molecule has 2 heteroatoms. The molecule has 0 aromatic carbocycles. The van der Waals surface area contributed by atoms with Crippen molar-refractivity contribution in [2.45, 2.75) is 32.1 Å². The Morgan fingerprint density at radius 1 is 1.25 bits per heavy atom. The van der Waals surface area contributed by atoms with Crippen molar-refractivity contribution in [3.8, 4) is 0 Å². The molecule has 1 N–H and O–H groups in total. The minimum Gasteiger partial charge on any atom is -0.316 e. The summed E-state index contributed by atoms with van der Waals surface area (Å²) in [5.74, 6) is 2.02. The third-order valence-corrected chi connectivity index (χ3v) is 4.27. The molecule has 2 fully saturated rings. The zero-order valence-corrected chi connectivity index (χ0v) is 8.58. The van der Waals surface area contributed by atoms with Gasteiger partial charge in [-0.3, -0.25) is 0 Å². The smallest absolute Gasteiger partial charge is 0.000829 e. The predicted molar refractivity (Wildman–Crippen MR) is 55.7 cm³/mol. The molecule has 2 rings (SSSR count). The van der Waals surface area contributed by atoms with Crippen LogP contribution in [-0.4, -0.2) is 18.8 Å². The second-order valence-corrected chi connectivity index (χ2v) is 4.92. The van der Waals surface area contributed by atoms with E-state index in [9.17, 15) is 0 Å². The molecule has 1 heterocycles. The summed E-state index contributed by atoms with van der Waals surface area (Å²) in [4.78, 5) is 0. The minimum atomic E-state index is 0.708. The summed E-state index contributed by atoms with van der Waals surface area (Å²) in [6, 6.07) is 0. The van der Waals surface area contributed by atoms with Gasteiger partial charge in [0.2, 0.25) is 0 Å². The molecule has 2 aliphatic rings. The molecule has 0 radical (unpaired) electrons. The molecule has 70 valence electrons.